The van der Waals surface area contributed by atoms with Crippen molar-refractivity contribution >= 4 is 34.4 Å². The fourth-order valence-electron chi connectivity index (χ4n) is 3.86. The number of aromatic hydroxyl groups is 1. The third-order valence-corrected chi connectivity index (χ3v) is 5.50. The third kappa shape index (κ3) is 6.99. The number of ether oxygens (including phenoxy) is 1. The normalized spacial score (nSPS) is 12.6. The van der Waals surface area contributed by atoms with Crippen molar-refractivity contribution in [2.75, 3.05) is 18.5 Å². The topological polar surface area (TPSA) is 152 Å². The molecule has 10 heteroatoms. The van der Waals surface area contributed by atoms with Gasteiger partial charge in [0.15, 0.2) is 0 Å². The fraction of sp³-hybridized carbons (Fsp3) is 0.286. The zero-order chi connectivity index (χ0) is 27.9. The minimum atomic E-state index is -1.51. The zero-order valence-corrected chi connectivity index (χ0v) is 21.3. The number of phenolic OH excluding ortho intramolecular Hbond substituents is 1. The molecule has 0 fully saturated rings. The van der Waals surface area contributed by atoms with Gasteiger partial charge in [-0.05, 0) is 49.7 Å². The molecule has 0 spiro atoms. The van der Waals surface area contributed by atoms with Gasteiger partial charge in [-0.1, -0.05) is 48.5 Å². The lowest BCUT2D eigenvalue weighted by Crippen LogP contribution is -2.54. The Morgan fingerprint density at radius 1 is 1.03 bits per heavy atom. The molecule has 198 valence electrons. The number of alkyl carbamates (subject to hydrolysis) is 1. The maximum Gasteiger partial charge on any atom is 0.408 e. The van der Waals surface area contributed by atoms with Crippen LogP contribution >= 0.6 is 0 Å². The summed E-state index contributed by atoms with van der Waals surface area (Å²) in [7, 11) is 0. The van der Waals surface area contributed by atoms with Crippen molar-refractivity contribution in [3.05, 3.63) is 72.3 Å². The van der Waals surface area contributed by atoms with Gasteiger partial charge in [-0.3, -0.25) is 9.59 Å². The molecule has 3 aromatic rings. The first kappa shape index (κ1) is 28.0. The molecule has 0 saturated carbocycles. The Morgan fingerprint density at radius 3 is 2.32 bits per heavy atom. The number of rotatable bonds is 8. The smallest absolute Gasteiger partial charge is 0.408 e. The third-order valence-electron chi connectivity index (χ3n) is 5.50. The average molecular weight is 519 g/mol. The second-order valence-corrected chi connectivity index (χ2v) is 9.52. The first-order chi connectivity index (χ1) is 18.0. The number of benzene rings is 3. The van der Waals surface area contributed by atoms with Crippen LogP contribution < -0.4 is 10.6 Å². The predicted molar refractivity (Wildman–Crippen MR) is 141 cm³/mol. The van der Waals surface area contributed by atoms with Crippen LogP contribution in [0.1, 0.15) is 32.4 Å². The van der Waals surface area contributed by atoms with Gasteiger partial charge in [0.05, 0.1) is 12.7 Å². The van der Waals surface area contributed by atoms with Gasteiger partial charge in [0.1, 0.15) is 30.0 Å². The lowest BCUT2D eigenvalue weighted by molar-refractivity contribution is -0.140. The largest absolute Gasteiger partial charge is 0.508 e. The van der Waals surface area contributed by atoms with Gasteiger partial charge in [-0.2, -0.15) is 5.26 Å². The summed E-state index contributed by atoms with van der Waals surface area (Å²) in [6.45, 7) is 3.51. The highest BCUT2D eigenvalue weighted by atomic mass is 16.6. The predicted octanol–water partition coefficient (Wildman–Crippen LogP) is 3.46. The molecule has 38 heavy (non-hydrogen) atoms. The summed E-state index contributed by atoms with van der Waals surface area (Å²) in [5.41, 5.74) is -0.371. The highest BCUT2D eigenvalue weighted by molar-refractivity contribution is 6.00. The summed E-state index contributed by atoms with van der Waals surface area (Å²) >= 11 is 0. The van der Waals surface area contributed by atoms with E-state index in [4.69, 9.17) is 4.74 Å². The lowest BCUT2D eigenvalue weighted by Gasteiger charge is -2.32. The number of para-hydroxylation sites is 1. The summed E-state index contributed by atoms with van der Waals surface area (Å²) in [4.78, 5) is 40.3. The molecule has 3 aromatic carbocycles. The van der Waals surface area contributed by atoms with Crippen molar-refractivity contribution in [3.8, 4) is 11.8 Å². The van der Waals surface area contributed by atoms with Gasteiger partial charge in [0, 0.05) is 11.3 Å². The number of aliphatic hydroxyl groups is 1. The summed E-state index contributed by atoms with van der Waals surface area (Å²) in [5.74, 6) is -1.90. The number of fused-ring (bicyclic) bond motifs is 1. The number of anilines is 1. The van der Waals surface area contributed by atoms with E-state index in [9.17, 15) is 29.9 Å². The van der Waals surface area contributed by atoms with Gasteiger partial charge < -0.3 is 30.5 Å². The van der Waals surface area contributed by atoms with Crippen molar-refractivity contribution < 1.29 is 29.3 Å². The molecule has 3 rings (SSSR count). The van der Waals surface area contributed by atoms with E-state index in [0.717, 1.165) is 15.7 Å². The van der Waals surface area contributed by atoms with Crippen molar-refractivity contribution in [2.45, 2.75) is 38.5 Å². The van der Waals surface area contributed by atoms with Crippen LogP contribution in [0.3, 0.4) is 0 Å². The molecule has 0 aliphatic carbocycles. The van der Waals surface area contributed by atoms with Crippen LogP contribution in [-0.2, 0) is 14.3 Å². The molecule has 4 N–H and O–H groups in total. The first-order valence-corrected chi connectivity index (χ1v) is 11.9. The number of hydrogen-bond donors (Lipinski definition) is 4. The van der Waals surface area contributed by atoms with Gasteiger partial charge in [-0.25, -0.2) is 4.79 Å². The molecule has 0 aliphatic rings. The Balaban J connectivity index is 1.98. The summed E-state index contributed by atoms with van der Waals surface area (Å²) < 4.78 is 5.17. The number of carbonyl (C=O) groups excluding carboxylic acids is 3. The van der Waals surface area contributed by atoms with E-state index in [1.54, 1.807) is 45.0 Å². The molecule has 2 unspecified atom stereocenters. The van der Waals surface area contributed by atoms with Crippen molar-refractivity contribution in [1.82, 2.24) is 10.2 Å². The Hall–Kier alpha value is -4.62. The molecule has 0 aromatic heterocycles. The molecular weight excluding hydrogens is 488 g/mol. The maximum atomic E-state index is 13.6. The minimum absolute atomic E-state index is 0.0587. The molecule has 3 amide bonds. The zero-order valence-electron chi connectivity index (χ0n) is 21.3. The molecule has 2 atom stereocenters. The van der Waals surface area contributed by atoms with E-state index in [1.165, 1.54) is 12.1 Å². The van der Waals surface area contributed by atoms with Gasteiger partial charge in [0.2, 0.25) is 5.91 Å². The van der Waals surface area contributed by atoms with E-state index in [1.807, 2.05) is 36.4 Å². The summed E-state index contributed by atoms with van der Waals surface area (Å²) in [5, 5.41) is 36.8. The average Bonchev–Trinajstić information content (AvgIpc) is 2.86. The van der Waals surface area contributed by atoms with Gasteiger partial charge in [-0.15, -0.1) is 0 Å². The van der Waals surface area contributed by atoms with Crippen molar-refractivity contribution in [3.63, 3.8) is 0 Å². The first-order valence-electron chi connectivity index (χ1n) is 11.9. The fourth-order valence-corrected chi connectivity index (χ4v) is 3.86. The second-order valence-electron chi connectivity index (χ2n) is 9.52. The summed E-state index contributed by atoms with van der Waals surface area (Å²) in [6, 6.07) is 17.6. The van der Waals surface area contributed by atoms with Crippen LogP contribution in [0.2, 0.25) is 0 Å². The molecular formula is C28H30N4O6. The standard InChI is InChI=1S/C28H30N4O6/c1-28(2,3)38-27(37)31-22(17-33)26(36)32(15-14-29)24(21-10-6-7-11-23(21)34)25(35)30-20-13-12-18-8-4-5-9-19(18)16-20/h4-13,16,22,24,33-34H,15,17H2,1-3H3,(H,30,35)(H,31,37). The molecule has 10 nitrogen and oxygen atoms in total. The number of nitrogens with one attached hydrogen (secondary N) is 2. The number of amides is 3. The molecule has 0 bridgehead atoms. The molecule has 0 aliphatic heterocycles. The lowest BCUT2D eigenvalue weighted by atomic mass is 10.0. The quantitative estimate of drug-likeness (QED) is 0.333. The summed E-state index contributed by atoms with van der Waals surface area (Å²) in [6.07, 6.45) is -0.957. The number of nitrogens with zero attached hydrogens (tertiary/aromatic N) is 2. The van der Waals surface area contributed by atoms with Crippen LogP contribution in [0.25, 0.3) is 10.8 Å². The molecule has 0 saturated heterocycles. The second kappa shape index (κ2) is 12.1. The van der Waals surface area contributed by atoms with Crippen molar-refractivity contribution in [2.24, 2.45) is 0 Å². The number of carbonyl (C=O) groups is 3. The van der Waals surface area contributed by atoms with Gasteiger partial charge >= 0.3 is 6.09 Å². The maximum absolute atomic E-state index is 13.6. The van der Waals surface area contributed by atoms with E-state index in [2.05, 4.69) is 10.6 Å². The number of phenols is 1. The Bertz CT molecular complexity index is 1360. The SMILES string of the molecule is CC(C)(C)OC(=O)NC(CO)C(=O)N(CC#N)C(C(=O)Nc1ccc2ccccc2c1)c1ccccc1O. The Kier molecular flexibility index (Phi) is 8.89. The molecule has 0 heterocycles. The minimum Gasteiger partial charge on any atom is -0.508 e. The Labute approximate surface area is 220 Å². The van der Waals surface area contributed by atoms with E-state index in [-0.39, 0.29) is 11.3 Å². The van der Waals surface area contributed by atoms with Crippen LogP contribution in [0.15, 0.2) is 66.7 Å². The highest BCUT2D eigenvalue weighted by Gasteiger charge is 2.37. The van der Waals surface area contributed by atoms with Crippen LogP contribution in [0.5, 0.6) is 5.75 Å². The van der Waals surface area contributed by atoms with E-state index < -0.39 is 48.7 Å². The number of hydrogen-bond acceptors (Lipinski definition) is 7. The van der Waals surface area contributed by atoms with E-state index in [0.29, 0.717) is 5.69 Å². The molecule has 0 radical (unpaired) electrons. The highest BCUT2D eigenvalue weighted by Crippen LogP contribution is 2.31. The van der Waals surface area contributed by atoms with Crippen molar-refractivity contribution in [1.29, 1.82) is 5.26 Å². The van der Waals surface area contributed by atoms with E-state index >= 15 is 0 Å². The van der Waals surface area contributed by atoms with Gasteiger partial charge in [0.25, 0.3) is 5.91 Å². The number of aliphatic hydroxyl groups excluding tert-OH is 1. The number of nitriles is 1. The van der Waals surface area contributed by atoms with Crippen LogP contribution in [-0.4, -0.2) is 57.8 Å². The monoisotopic (exact) mass is 518 g/mol. The Morgan fingerprint density at radius 2 is 1.68 bits per heavy atom. The van der Waals surface area contributed by atoms with Crippen LogP contribution in [0.4, 0.5) is 10.5 Å². The van der Waals surface area contributed by atoms with Crippen LogP contribution in [0, 0.1) is 11.3 Å².